The highest BCUT2D eigenvalue weighted by Crippen LogP contribution is 2.21. The number of amides is 1. The van der Waals surface area contributed by atoms with Crippen LogP contribution in [0.4, 0.5) is 19.3 Å². The largest absolute Gasteiger partial charge is 0.465 e. The molecule has 0 unspecified atom stereocenters. The molecule has 0 atom stereocenters. The summed E-state index contributed by atoms with van der Waals surface area (Å²) in [6.07, 6.45) is -1.42. The normalized spacial score (nSPS) is 10.5. The molecule has 1 aromatic carbocycles. The molecule has 3 nitrogen and oxygen atoms in total. The van der Waals surface area contributed by atoms with Crippen molar-refractivity contribution in [2.75, 3.05) is 5.32 Å². The highest BCUT2D eigenvalue weighted by molar-refractivity contribution is 6.83. The van der Waals surface area contributed by atoms with Crippen LogP contribution in [0, 0.1) is 23.1 Å². The summed E-state index contributed by atoms with van der Waals surface area (Å²) in [6, 6.07) is 1.63. The van der Waals surface area contributed by atoms with Gasteiger partial charge in [0.15, 0.2) is 5.82 Å². The molecular formula is C12H13F2NO2Si. The van der Waals surface area contributed by atoms with Crippen molar-refractivity contribution in [1.82, 2.24) is 0 Å². The molecule has 0 aliphatic carbocycles. The quantitative estimate of drug-likeness (QED) is 0.607. The summed E-state index contributed by atoms with van der Waals surface area (Å²) >= 11 is 0. The molecule has 0 aliphatic rings. The van der Waals surface area contributed by atoms with Gasteiger partial charge in [0, 0.05) is 6.07 Å². The van der Waals surface area contributed by atoms with E-state index in [0.29, 0.717) is 6.07 Å². The standard InChI is InChI=1S/C12H13F2NO2Si/c1-18(2,3)5-4-8-6-9(13)7-10(14)11(8)15-12(16)17/h6-7,15H,1-3H3,(H,16,17). The van der Waals surface area contributed by atoms with Crippen LogP contribution >= 0.6 is 0 Å². The van der Waals surface area contributed by atoms with Crippen molar-refractivity contribution < 1.29 is 18.7 Å². The second kappa shape index (κ2) is 5.19. The van der Waals surface area contributed by atoms with E-state index in [0.717, 1.165) is 6.07 Å². The van der Waals surface area contributed by atoms with Crippen molar-refractivity contribution in [3.8, 4) is 11.5 Å². The summed E-state index contributed by atoms with van der Waals surface area (Å²) in [4.78, 5) is 10.5. The molecule has 0 heterocycles. The van der Waals surface area contributed by atoms with Crippen LogP contribution in [0.1, 0.15) is 5.56 Å². The van der Waals surface area contributed by atoms with E-state index < -0.39 is 25.8 Å². The van der Waals surface area contributed by atoms with Crippen LogP contribution in [0.15, 0.2) is 12.1 Å². The maximum absolute atomic E-state index is 13.5. The second-order valence-electron chi connectivity index (χ2n) is 4.74. The van der Waals surface area contributed by atoms with E-state index in [9.17, 15) is 13.6 Å². The number of rotatable bonds is 1. The third kappa shape index (κ3) is 4.18. The third-order valence-electron chi connectivity index (χ3n) is 1.86. The SMILES string of the molecule is C[Si](C)(C)C#Cc1cc(F)cc(F)c1NC(=O)O. The molecule has 0 spiro atoms. The molecule has 0 aliphatic heterocycles. The van der Waals surface area contributed by atoms with Crippen molar-refractivity contribution in [1.29, 1.82) is 0 Å². The van der Waals surface area contributed by atoms with Crippen LogP contribution in [0.3, 0.4) is 0 Å². The molecule has 18 heavy (non-hydrogen) atoms. The Morgan fingerprint density at radius 3 is 2.44 bits per heavy atom. The smallest absolute Gasteiger partial charge is 0.409 e. The Bertz CT molecular complexity index is 541. The summed E-state index contributed by atoms with van der Waals surface area (Å²) < 4.78 is 26.6. The van der Waals surface area contributed by atoms with Crippen molar-refractivity contribution >= 4 is 19.9 Å². The maximum Gasteiger partial charge on any atom is 0.409 e. The molecule has 0 radical (unpaired) electrons. The van der Waals surface area contributed by atoms with Crippen molar-refractivity contribution in [3.63, 3.8) is 0 Å². The fourth-order valence-electron chi connectivity index (χ4n) is 1.16. The van der Waals surface area contributed by atoms with Crippen molar-refractivity contribution in [3.05, 3.63) is 29.3 Å². The summed E-state index contributed by atoms with van der Waals surface area (Å²) in [7, 11) is -1.72. The Morgan fingerprint density at radius 1 is 1.33 bits per heavy atom. The number of anilines is 1. The van der Waals surface area contributed by atoms with Gasteiger partial charge in [-0.05, 0) is 6.07 Å². The molecular weight excluding hydrogens is 256 g/mol. The van der Waals surface area contributed by atoms with Crippen LogP contribution in [0.5, 0.6) is 0 Å². The van der Waals surface area contributed by atoms with E-state index in [1.165, 1.54) is 0 Å². The first-order valence-electron chi connectivity index (χ1n) is 5.21. The zero-order valence-corrected chi connectivity index (χ0v) is 11.3. The van der Waals surface area contributed by atoms with E-state index in [1.807, 2.05) is 25.0 Å². The van der Waals surface area contributed by atoms with E-state index in [-0.39, 0.29) is 11.3 Å². The van der Waals surface area contributed by atoms with Gasteiger partial charge in [-0.25, -0.2) is 13.6 Å². The molecule has 1 rings (SSSR count). The van der Waals surface area contributed by atoms with Gasteiger partial charge in [-0.3, -0.25) is 5.32 Å². The lowest BCUT2D eigenvalue weighted by Gasteiger charge is -2.07. The highest BCUT2D eigenvalue weighted by atomic mass is 28.3. The van der Waals surface area contributed by atoms with Crippen LogP contribution in [0.2, 0.25) is 19.6 Å². The lowest BCUT2D eigenvalue weighted by atomic mass is 10.1. The maximum atomic E-state index is 13.5. The average molecular weight is 269 g/mol. The Balaban J connectivity index is 3.30. The molecule has 6 heteroatoms. The molecule has 2 N–H and O–H groups in total. The monoisotopic (exact) mass is 269 g/mol. The molecule has 0 saturated heterocycles. The molecule has 0 fully saturated rings. The van der Waals surface area contributed by atoms with Crippen LogP contribution in [-0.4, -0.2) is 19.3 Å². The minimum atomic E-state index is -1.72. The van der Waals surface area contributed by atoms with Gasteiger partial charge in [-0.2, -0.15) is 0 Å². The molecule has 1 amide bonds. The first-order chi connectivity index (χ1) is 8.19. The van der Waals surface area contributed by atoms with Gasteiger partial charge in [0.1, 0.15) is 13.9 Å². The fourth-order valence-corrected chi connectivity index (χ4v) is 1.67. The fraction of sp³-hybridized carbons (Fsp3) is 0.250. The number of carbonyl (C=O) groups is 1. The molecule has 96 valence electrons. The Kier molecular flexibility index (Phi) is 4.09. The zero-order chi connectivity index (χ0) is 13.9. The van der Waals surface area contributed by atoms with Crippen LogP contribution in [-0.2, 0) is 0 Å². The van der Waals surface area contributed by atoms with Crippen molar-refractivity contribution in [2.45, 2.75) is 19.6 Å². The highest BCUT2D eigenvalue weighted by Gasteiger charge is 2.13. The van der Waals surface area contributed by atoms with Gasteiger partial charge in [0.25, 0.3) is 0 Å². The summed E-state index contributed by atoms with van der Waals surface area (Å²) in [5.41, 5.74) is 2.63. The molecule has 0 bridgehead atoms. The van der Waals surface area contributed by atoms with Gasteiger partial charge < -0.3 is 5.11 Å². The topological polar surface area (TPSA) is 49.3 Å². The lowest BCUT2D eigenvalue weighted by Crippen LogP contribution is -2.16. The van der Waals surface area contributed by atoms with Crippen LogP contribution in [0.25, 0.3) is 0 Å². The molecule has 0 saturated carbocycles. The predicted molar refractivity (Wildman–Crippen MR) is 68.2 cm³/mol. The van der Waals surface area contributed by atoms with E-state index in [2.05, 4.69) is 11.5 Å². The van der Waals surface area contributed by atoms with Gasteiger partial charge in [-0.1, -0.05) is 25.6 Å². The number of halogens is 2. The number of carboxylic acid groups (broad SMARTS) is 1. The number of nitrogens with one attached hydrogen (secondary N) is 1. The third-order valence-corrected chi connectivity index (χ3v) is 2.73. The summed E-state index contributed by atoms with van der Waals surface area (Å²) in [5.74, 6) is 0.883. The van der Waals surface area contributed by atoms with E-state index in [1.54, 1.807) is 0 Å². The first kappa shape index (κ1) is 14.2. The van der Waals surface area contributed by atoms with E-state index in [4.69, 9.17) is 5.11 Å². The van der Waals surface area contributed by atoms with Crippen LogP contribution < -0.4 is 5.32 Å². The lowest BCUT2D eigenvalue weighted by molar-refractivity contribution is 0.209. The summed E-state index contributed by atoms with van der Waals surface area (Å²) in [5, 5.41) is 10.5. The van der Waals surface area contributed by atoms with Gasteiger partial charge in [0.05, 0.1) is 11.3 Å². The minimum Gasteiger partial charge on any atom is -0.465 e. The van der Waals surface area contributed by atoms with E-state index >= 15 is 0 Å². The molecule has 1 aromatic rings. The Morgan fingerprint density at radius 2 is 1.94 bits per heavy atom. The van der Waals surface area contributed by atoms with Gasteiger partial charge in [-0.15, -0.1) is 5.54 Å². The second-order valence-corrected chi connectivity index (χ2v) is 9.49. The Hall–Kier alpha value is -1.87. The average Bonchev–Trinajstić information content (AvgIpc) is 2.17. The van der Waals surface area contributed by atoms with Gasteiger partial charge >= 0.3 is 6.09 Å². The zero-order valence-electron chi connectivity index (χ0n) is 10.3. The number of benzene rings is 1. The van der Waals surface area contributed by atoms with Gasteiger partial charge in [0.2, 0.25) is 0 Å². The van der Waals surface area contributed by atoms with Crippen molar-refractivity contribution in [2.24, 2.45) is 0 Å². The molecule has 0 aromatic heterocycles. The number of hydrogen-bond donors (Lipinski definition) is 2. The predicted octanol–water partition coefficient (Wildman–Crippen LogP) is 3.28. The summed E-state index contributed by atoms with van der Waals surface area (Å²) in [6.45, 7) is 5.92. The Labute approximate surface area is 105 Å². The number of hydrogen-bond acceptors (Lipinski definition) is 1. The minimum absolute atomic E-state index is 0.0114. The first-order valence-corrected chi connectivity index (χ1v) is 8.71.